The van der Waals surface area contributed by atoms with Crippen LogP contribution >= 0.6 is 0 Å². The number of carbonyl (C=O) groups excluding carboxylic acids is 1. The predicted molar refractivity (Wildman–Crippen MR) is 114 cm³/mol. The van der Waals surface area contributed by atoms with Crippen molar-refractivity contribution >= 4 is 11.5 Å². The van der Waals surface area contributed by atoms with Gasteiger partial charge in [0.15, 0.2) is 0 Å². The molecule has 3 aliphatic rings. The molecule has 2 aliphatic heterocycles. The lowest BCUT2D eigenvalue weighted by Crippen LogP contribution is -2.64. The molecule has 1 aliphatic carbocycles. The van der Waals surface area contributed by atoms with Crippen LogP contribution in [0.1, 0.15) is 71.3 Å². The topological polar surface area (TPSA) is 26.3 Å². The maximum absolute atomic E-state index is 13.2. The smallest absolute Gasteiger partial charge is 0.313 e. The van der Waals surface area contributed by atoms with Crippen molar-refractivity contribution in [3.8, 4) is 0 Å². The number of benzene rings is 1. The Morgan fingerprint density at radius 3 is 2.39 bits per heavy atom. The SMILES string of the molecule is CC[N+]1(C(C)C)C2CCC1CC(OC(=O)C1CCCC=C1c1ccccc1)C2. The molecule has 0 amide bonds. The number of hydrogen-bond acceptors (Lipinski definition) is 2. The fourth-order valence-electron chi connectivity index (χ4n) is 6.63. The first-order valence-corrected chi connectivity index (χ1v) is 11.4. The molecule has 152 valence electrons. The highest BCUT2D eigenvalue weighted by atomic mass is 16.5. The third-order valence-electron chi connectivity index (χ3n) is 7.88. The molecule has 1 aromatic carbocycles. The minimum Gasteiger partial charge on any atom is -0.461 e. The van der Waals surface area contributed by atoms with E-state index in [0.29, 0.717) is 18.1 Å². The molecule has 2 fully saturated rings. The molecule has 3 unspecified atom stereocenters. The van der Waals surface area contributed by atoms with Gasteiger partial charge in [0.05, 0.1) is 30.6 Å². The third-order valence-corrected chi connectivity index (χ3v) is 7.88. The van der Waals surface area contributed by atoms with Crippen molar-refractivity contribution in [2.24, 2.45) is 5.92 Å². The number of quaternary nitrogens is 1. The van der Waals surface area contributed by atoms with Crippen molar-refractivity contribution < 1.29 is 14.0 Å². The Kier molecular flexibility index (Phi) is 5.64. The van der Waals surface area contributed by atoms with E-state index >= 15 is 0 Å². The van der Waals surface area contributed by atoms with Crippen molar-refractivity contribution in [2.45, 2.75) is 89.9 Å². The average Bonchev–Trinajstić information content (AvgIpc) is 2.92. The molecule has 28 heavy (non-hydrogen) atoms. The molecule has 2 heterocycles. The summed E-state index contributed by atoms with van der Waals surface area (Å²) in [7, 11) is 0. The Bertz CT molecular complexity index is 709. The van der Waals surface area contributed by atoms with Gasteiger partial charge in [-0.2, -0.15) is 0 Å². The molecule has 0 N–H and O–H groups in total. The van der Waals surface area contributed by atoms with Crippen LogP contribution in [0.15, 0.2) is 36.4 Å². The lowest BCUT2D eigenvalue weighted by molar-refractivity contribution is -0.983. The van der Waals surface area contributed by atoms with Crippen molar-refractivity contribution in [1.29, 1.82) is 0 Å². The van der Waals surface area contributed by atoms with Crippen molar-refractivity contribution in [3.63, 3.8) is 0 Å². The maximum atomic E-state index is 13.2. The average molecular weight is 383 g/mol. The highest BCUT2D eigenvalue weighted by molar-refractivity contribution is 5.89. The summed E-state index contributed by atoms with van der Waals surface area (Å²) in [5, 5.41) is 0. The zero-order valence-corrected chi connectivity index (χ0v) is 17.8. The number of esters is 1. The molecule has 3 atom stereocenters. The highest BCUT2D eigenvalue weighted by Gasteiger charge is 2.55. The van der Waals surface area contributed by atoms with Crippen LogP contribution in [0.3, 0.4) is 0 Å². The zero-order valence-electron chi connectivity index (χ0n) is 17.8. The van der Waals surface area contributed by atoms with Gasteiger partial charge in [-0.25, -0.2) is 0 Å². The second-order valence-corrected chi connectivity index (χ2v) is 9.33. The number of ether oxygens (including phenoxy) is 1. The molecule has 1 aromatic rings. The third kappa shape index (κ3) is 3.32. The molecule has 0 radical (unpaired) electrons. The lowest BCUT2D eigenvalue weighted by atomic mass is 9.83. The first kappa shape index (κ1) is 19.7. The number of allylic oxidation sites excluding steroid dienone is 1. The van der Waals surface area contributed by atoms with Crippen LogP contribution < -0.4 is 0 Å². The van der Waals surface area contributed by atoms with Crippen LogP contribution in [0.2, 0.25) is 0 Å². The molecule has 0 saturated carbocycles. The summed E-state index contributed by atoms with van der Waals surface area (Å²) in [5.41, 5.74) is 2.35. The van der Waals surface area contributed by atoms with E-state index in [9.17, 15) is 4.79 Å². The Hall–Kier alpha value is -1.61. The number of hydrogen-bond donors (Lipinski definition) is 0. The summed E-state index contributed by atoms with van der Waals surface area (Å²) in [4.78, 5) is 13.2. The molecule has 4 rings (SSSR count). The standard InChI is InChI=1S/C25H36NO2/c1-4-26(18(2)3)20-14-15-21(26)17-22(16-20)28-25(27)24-13-9-8-12-23(24)19-10-6-5-7-11-19/h5-7,10-12,18,20-22,24H,4,8-9,13-17H2,1-3H3/q+1. The van der Waals surface area contributed by atoms with E-state index in [1.165, 1.54) is 35.0 Å². The van der Waals surface area contributed by atoms with Gasteiger partial charge in [0.1, 0.15) is 6.10 Å². The zero-order chi connectivity index (χ0) is 19.7. The van der Waals surface area contributed by atoms with Crippen LogP contribution in [-0.4, -0.2) is 41.2 Å². The van der Waals surface area contributed by atoms with E-state index < -0.39 is 0 Å². The van der Waals surface area contributed by atoms with Gasteiger partial charge in [0.25, 0.3) is 0 Å². The largest absolute Gasteiger partial charge is 0.461 e. The fraction of sp³-hybridized carbons (Fsp3) is 0.640. The van der Waals surface area contributed by atoms with Gasteiger partial charge in [0.2, 0.25) is 0 Å². The number of piperidine rings is 1. The van der Waals surface area contributed by atoms with Gasteiger partial charge in [-0.15, -0.1) is 0 Å². The van der Waals surface area contributed by atoms with E-state index in [4.69, 9.17) is 4.74 Å². The van der Waals surface area contributed by atoms with E-state index in [1.54, 1.807) is 0 Å². The first-order chi connectivity index (χ1) is 13.6. The Labute approximate surface area is 170 Å². The fourth-order valence-corrected chi connectivity index (χ4v) is 6.63. The van der Waals surface area contributed by atoms with Crippen LogP contribution in [0, 0.1) is 5.92 Å². The summed E-state index contributed by atoms with van der Waals surface area (Å²) < 4.78 is 7.43. The van der Waals surface area contributed by atoms with Crippen LogP contribution in [0.25, 0.3) is 5.57 Å². The first-order valence-electron chi connectivity index (χ1n) is 11.4. The molecule has 0 spiro atoms. The van der Waals surface area contributed by atoms with E-state index in [1.807, 2.05) is 6.07 Å². The molecule has 0 aromatic heterocycles. The Balaban J connectivity index is 1.46. The second kappa shape index (κ2) is 8.02. The number of fused-ring (bicyclic) bond motifs is 2. The normalized spacial score (nSPS) is 34.9. The molecule has 2 bridgehead atoms. The molecule has 2 saturated heterocycles. The van der Waals surface area contributed by atoms with Gasteiger partial charge in [0, 0.05) is 25.7 Å². The minimum absolute atomic E-state index is 0.0141. The second-order valence-electron chi connectivity index (χ2n) is 9.33. The number of rotatable bonds is 5. The molecular weight excluding hydrogens is 346 g/mol. The Morgan fingerprint density at radius 2 is 1.79 bits per heavy atom. The lowest BCUT2D eigenvalue weighted by Gasteiger charge is -2.52. The Morgan fingerprint density at radius 1 is 1.11 bits per heavy atom. The van der Waals surface area contributed by atoms with Crippen molar-refractivity contribution in [3.05, 3.63) is 42.0 Å². The summed E-state index contributed by atoms with van der Waals surface area (Å²) in [5.74, 6) is -0.0773. The van der Waals surface area contributed by atoms with Gasteiger partial charge in [-0.3, -0.25) is 4.79 Å². The minimum atomic E-state index is -0.0914. The van der Waals surface area contributed by atoms with Crippen molar-refractivity contribution in [1.82, 2.24) is 0 Å². The van der Waals surface area contributed by atoms with Crippen molar-refractivity contribution in [2.75, 3.05) is 6.54 Å². The highest BCUT2D eigenvalue weighted by Crippen LogP contribution is 2.45. The van der Waals surface area contributed by atoms with Crippen LogP contribution in [0.5, 0.6) is 0 Å². The molecule has 3 nitrogen and oxygen atoms in total. The van der Waals surface area contributed by atoms with Gasteiger partial charge < -0.3 is 9.22 Å². The van der Waals surface area contributed by atoms with Gasteiger partial charge in [-0.1, -0.05) is 36.4 Å². The maximum Gasteiger partial charge on any atom is 0.313 e. The monoisotopic (exact) mass is 382 g/mol. The number of nitrogens with zero attached hydrogens (tertiary/aromatic N) is 1. The van der Waals surface area contributed by atoms with E-state index in [-0.39, 0.29) is 18.0 Å². The van der Waals surface area contributed by atoms with Gasteiger partial charge >= 0.3 is 5.97 Å². The van der Waals surface area contributed by atoms with E-state index in [0.717, 1.165) is 32.1 Å². The summed E-state index contributed by atoms with van der Waals surface area (Å²) in [6.45, 7) is 8.30. The summed E-state index contributed by atoms with van der Waals surface area (Å²) >= 11 is 0. The summed E-state index contributed by atoms with van der Waals surface area (Å²) in [6, 6.07) is 12.4. The van der Waals surface area contributed by atoms with Gasteiger partial charge in [-0.05, 0) is 51.2 Å². The predicted octanol–water partition coefficient (Wildman–Crippen LogP) is 5.35. The van der Waals surface area contributed by atoms with Crippen LogP contribution in [0.4, 0.5) is 0 Å². The summed E-state index contributed by atoms with van der Waals surface area (Å²) in [6.07, 6.45) is 10.1. The van der Waals surface area contributed by atoms with Crippen LogP contribution in [-0.2, 0) is 9.53 Å². The molecule has 3 heteroatoms. The van der Waals surface area contributed by atoms with E-state index in [2.05, 4.69) is 51.1 Å². The quantitative estimate of drug-likeness (QED) is 0.507. The molecular formula is C25H36NO2+. The number of carbonyl (C=O) groups is 1.